The highest BCUT2D eigenvalue weighted by atomic mass is 32.1. The fourth-order valence-electron chi connectivity index (χ4n) is 3.30. The maximum atomic E-state index is 13.1. The second-order valence-corrected chi connectivity index (χ2v) is 7.94. The Labute approximate surface area is 173 Å². The normalized spacial score (nSPS) is 15.0. The van der Waals surface area contributed by atoms with E-state index in [1.807, 2.05) is 18.2 Å². The summed E-state index contributed by atoms with van der Waals surface area (Å²) < 4.78 is 16.9. The molecular formula is C20H24N4O4S. The Morgan fingerprint density at radius 2 is 2.14 bits per heavy atom. The number of aromatic nitrogens is 2. The molecular weight excluding hydrogens is 392 g/mol. The molecule has 0 saturated carbocycles. The van der Waals surface area contributed by atoms with Gasteiger partial charge in [0.25, 0.3) is 5.91 Å². The van der Waals surface area contributed by atoms with E-state index >= 15 is 0 Å². The molecule has 0 bridgehead atoms. The number of thiazole rings is 1. The van der Waals surface area contributed by atoms with Crippen molar-refractivity contribution >= 4 is 32.6 Å². The Morgan fingerprint density at radius 1 is 1.31 bits per heavy atom. The average Bonchev–Trinajstić information content (AvgIpc) is 3.37. The van der Waals surface area contributed by atoms with Crippen LogP contribution in [0.25, 0.3) is 10.2 Å². The van der Waals surface area contributed by atoms with Crippen molar-refractivity contribution in [3.8, 4) is 5.75 Å². The van der Waals surface area contributed by atoms with Crippen molar-refractivity contribution in [3.63, 3.8) is 0 Å². The van der Waals surface area contributed by atoms with Crippen molar-refractivity contribution in [2.24, 2.45) is 0 Å². The number of rotatable bonds is 7. The molecule has 9 heteroatoms. The molecule has 0 unspecified atom stereocenters. The van der Waals surface area contributed by atoms with Gasteiger partial charge in [-0.3, -0.25) is 14.6 Å². The molecule has 8 nitrogen and oxygen atoms in total. The molecule has 0 aliphatic carbocycles. The second-order valence-electron chi connectivity index (χ2n) is 6.93. The van der Waals surface area contributed by atoms with Gasteiger partial charge in [0.1, 0.15) is 5.75 Å². The van der Waals surface area contributed by atoms with Gasteiger partial charge in [-0.25, -0.2) is 4.98 Å². The first-order valence-corrected chi connectivity index (χ1v) is 10.5. The number of nitrogens with zero attached hydrogens (tertiary/aromatic N) is 4. The first-order chi connectivity index (χ1) is 14.1. The van der Waals surface area contributed by atoms with Crippen LogP contribution in [0.1, 0.15) is 22.7 Å². The lowest BCUT2D eigenvalue weighted by atomic mass is 10.3. The van der Waals surface area contributed by atoms with Crippen LogP contribution in [0.4, 0.5) is 5.13 Å². The van der Waals surface area contributed by atoms with Crippen LogP contribution in [0.3, 0.4) is 0 Å². The van der Waals surface area contributed by atoms with Crippen molar-refractivity contribution < 1.29 is 18.8 Å². The largest absolute Gasteiger partial charge is 0.497 e. The van der Waals surface area contributed by atoms with Gasteiger partial charge in [0, 0.05) is 38.3 Å². The van der Waals surface area contributed by atoms with Gasteiger partial charge in [0.2, 0.25) is 5.76 Å². The second kappa shape index (κ2) is 8.89. The minimum absolute atomic E-state index is 0.224. The highest BCUT2D eigenvalue weighted by Gasteiger charge is 2.25. The number of carbonyl (C=O) groups is 1. The third kappa shape index (κ3) is 4.58. The summed E-state index contributed by atoms with van der Waals surface area (Å²) in [7, 11) is 1.63. The van der Waals surface area contributed by atoms with E-state index in [4.69, 9.17) is 14.0 Å². The molecule has 4 rings (SSSR count). The van der Waals surface area contributed by atoms with Gasteiger partial charge in [-0.15, -0.1) is 0 Å². The van der Waals surface area contributed by atoms with Gasteiger partial charge in [0.15, 0.2) is 5.13 Å². The maximum absolute atomic E-state index is 13.1. The third-order valence-corrected chi connectivity index (χ3v) is 5.92. The molecule has 0 radical (unpaired) electrons. The Bertz CT molecular complexity index is 980. The van der Waals surface area contributed by atoms with Crippen LogP contribution in [0.2, 0.25) is 0 Å². The zero-order chi connectivity index (χ0) is 20.2. The summed E-state index contributed by atoms with van der Waals surface area (Å²) >= 11 is 1.48. The smallest absolute Gasteiger partial charge is 0.298 e. The van der Waals surface area contributed by atoms with Gasteiger partial charge >= 0.3 is 0 Å². The van der Waals surface area contributed by atoms with Gasteiger partial charge in [-0.1, -0.05) is 16.5 Å². The van der Waals surface area contributed by atoms with E-state index in [2.05, 4.69) is 15.0 Å². The minimum Gasteiger partial charge on any atom is -0.497 e. The van der Waals surface area contributed by atoms with E-state index in [1.165, 1.54) is 11.3 Å². The first kappa shape index (κ1) is 19.8. The Hall–Kier alpha value is -2.49. The number of methoxy groups -OCH3 is 1. The van der Waals surface area contributed by atoms with Crippen LogP contribution in [0.5, 0.6) is 5.75 Å². The molecule has 1 aliphatic heterocycles. The summed E-state index contributed by atoms with van der Waals surface area (Å²) in [6.07, 6.45) is 0.831. The number of anilines is 1. The zero-order valence-corrected chi connectivity index (χ0v) is 17.4. The molecule has 1 saturated heterocycles. The van der Waals surface area contributed by atoms with Crippen LogP contribution in [0.15, 0.2) is 28.8 Å². The SMILES string of the molecule is COc1ccc2sc(N(CCCN3CCOCC3)C(=O)c3cc(C)no3)nc2c1. The van der Waals surface area contributed by atoms with E-state index in [1.54, 1.807) is 25.0 Å². The molecule has 3 heterocycles. The number of morpholine rings is 1. The van der Waals surface area contributed by atoms with Crippen LogP contribution < -0.4 is 9.64 Å². The quantitative estimate of drug-likeness (QED) is 0.586. The summed E-state index contributed by atoms with van der Waals surface area (Å²) in [4.78, 5) is 21.9. The van der Waals surface area contributed by atoms with Crippen LogP contribution in [-0.2, 0) is 4.74 Å². The lowest BCUT2D eigenvalue weighted by Crippen LogP contribution is -2.39. The van der Waals surface area contributed by atoms with Gasteiger partial charge in [0.05, 0.1) is 36.2 Å². The fraction of sp³-hybridized carbons (Fsp3) is 0.450. The Kier molecular flexibility index (Phi) is 6.08. The number of fused-ring (bicyclic) bond motifs is 1. The predicted octanol–water partition coefficient (Wildman–Crippen LogP) is 2.97. The third-order valence-electron chi connectivity index (χ3n) is 4.86. The van der Waals surface area contributed by atoms with Crippen molar-refractivity contribution in [1.82, 2.24) is 15.0 Å². The van der Waals surface area contributed by atoms with Gasteiger partial charge in [-0.05, 0) is 25.5 Å². The van der Waals surface area contributed by atoms with Crippen molar-refractivity contribution in [2.45, 2.75) is 13.3 Å². The number of aryl methyl sites for hydroxylation is 1. The summed E-state index contributed by atoms with van der Waals surface area (Å²) in [5.41, 5.74) is 1.49. The van der Waals surface area contributed by atoms with Gasteiger partial charge in [-0.2, -0.15) is 0 Å². The molecule has 3 aromatic rings. The number of benzene rings is 1. The van der Waals surface area contributed by atoms with Crippen molar-refractivity contribution in [1.29, 1.82) is 0 Å². The summed E-state index contributed by atoms with van der Waals surface area (Å²) in [6, 6.07) is 7.40. The maximum Gasteiger partial charge on any atom is 0.298 e. The molecule has 154 valence electrons. The molecule has 0 atom stereocenters. The molecule has 1 aromatic carbocycles. The molecule has 2 aromatic heterocycles. The summed E-state index contributed by atoms with van der Waals surface area (Å²) in [5, 5.41) is 4.50. The summed E-state index contributed by atoms with van der Waals surface area (Å²) in [5.74, 6) is 0.745. The molecule has 0 spiro atoms. The number of amides is 1. The Morgan fingerprint density at radius 3 is 2.86 bits per heavy atom. The molecule has 1 fully saturated rings. The minimum atomic E-state index is -0.224. The first-order valence-electron chi connectivity index (χ1n) is 9.64. The van der Waals surface area contributed by atoms with E-state index < -0.39 is 0 Å². The number of carbonyl (C=O) groups excluding carboxylic acids is 1. The molecule has 29 heavy (non-hydrogen) atoms. The highest BCUT2D eigenvalue weighted by molar-refractivity contribution is 7.22. The fourth-order valence-corrected chi connectivity index (χ4v) is 4.27. The Balaban J connectivity index is 1.56. The standard InChI is InChI=1S/C20H24N4O4S/c1-14-12-17(28-22-14)19(25)24(7-3-6-23-8-10-27-11-9-23)20-21-16-13-15(26-2)4-5-18(16)29-20/h4-5,12-13H,3,6-11H2,1-2H3. The van der Waals surface area contributed by atoms with Gasteiger partial charge < -0.3 is 14.0 Å². The van der Waals surface area contributed by atoms with E-state index in [0.717, 1.165) is 55.2 Å². The number of hydrogen-bond donors (Lipinski definition) is 0. The zero-order valence-electron chi connectivity index (χ0n) is 16.6. The van der Waals surface area contributed by atoms with E-state index in [0.29, 0.717) is 17.4 Å². The van der Waals surface area contributed by atoms with Crippen LogP contribution in [0, 0.1) is 6.92 Å². The molecule has 1 amide bonds. The van der Waals surface area contributed by atoms with Crippen molar-refractivity contribution in [2.75, 3.05) is 51.4 Å². The molecule has 0 N–H and O–H groups in total. The summed E-state index contributed by atoms with van der Waals surface area (Å²) in [6.45, 7) is 6.63. The average molecular weight is 417 g/mol. The lowest BCUT2D eigenvalue weighted by Gasteiger charge is -2.27. The van der Waals surface area contributed by atoms with E-state index in [-0.39, 0.29) is 11.7 Å². The van der Waals surface area contributed by atoms with E-state index in [9.17, 15) is 4.79 Å². The van der Waals surface area contributed by atoms with Crippen LogP contribution >= 0.6 is 11.3 Å². The van der Waals surface area contributed by atoms with Crippen LogP contribution in [-0.4, -0.2) is 67.5 Å². The monoisotopic (exact) mass is 416 g/mol. The number of ether oxygens (including phenoxy) is 2. The molecule has 1 aliphatic rings. The topological polar surface area (TPSA) is 80.9 Å². The number of hydrogen-bond acceptors (Lipinski definition) is 8. The predicted molar refractivity (Wildman–Crippen MR) is 111 cm³/mol. The lowest BCUT2D eigenvalue weighted by molar-refractivity contribution is 0.0376. The highest BCUT2D eigenvalue weighted by Crippen LogP contribution is 2.32. The van der Waals surface area contributed by atoms with Crippen molar-refractivity contribution in [3.05, 3.63) is 35.7 Å².